The third-order valence-electron chi connectivity index (χ3n) is 4.64. The first-order valence-corrected chi connectivity index (χ1v) is 9.34. The lowest BCUT2D eigenvalue weighted by Gasteiger charge is -2.13. The van der Waals surface area contributed by atoms with Gasteiger partial charge in [0.05, 0.1) is 17.7 Å². The Morgan fingerprint density at radius 1 is 1.14 bits per heavy atom. The number of nitrogens with zero attached hydrogens (tertiary/aromatic N) is 1. The molecule has 2 aromatic carbocycles. The minimum atomic E-state index is -0.408. The first-order chi connectivity index (χ1) is 13.5. The van der Waals surface area contributed by atoms with Gasteiger partial charge >= 0.3 is 0 Å². The van der Waals surface area contributed by atoms with E-state index in [1.165, 1.54) is 0 Å². The fourth-order valence-electron chi connectivity index (χ4n) is 3.37. The van der Waals surface area contributed by atoms with Gasteiger partial charge in [0, 0.05) is 11.3 Å². The number of aromatic amines is 1. The Kier molecular flexibility index (Phi) is 4.61. The molecule has 5 nitrogen and oxygen atoms in total. The molecule has 0 saturated carbocycles. The van der Waals surface area contributed by atoms with Crippen LogP contribution in [0.2, 0.25) is 5.15 Å². The number of aromatic hydroxyl groups is 1. The number of halogens is 1. The summed E-state index contributed by atoms with van der Waals surface area (Å²) in [7, 11) is 0. The first-order valence-electron chi connectivity index (χ1n) is 8.96. The van der Waals surface area contributed by atoms with Crippen molar-refractivity contribution in [2.75, 3.05) is 6.61 Å². The van der Waals surface area contributed by atoms with Crippen LogP contribution in [-0.4, -0.2) is 21.3 Å². The largest absolute Gasteiger partial charge is 0.505 e. The van der Waals surface area contributed by atoms with E-state index in [4.69, 9.17) is 16.3 Å². The highest BCUT2D eigenvalue weighted by molar-refractivity contribution is 6.31. The number of aryl methyl sites for hydroxylation is 1. The number of benzene rings is 2. The molecule has 0 aliphatic rings. The molecule has 4 aromatic rings. The number of para-hydroxylation sites is 1. The van der Waals surface area contributed by atoms with E-state index in [0.29, 0.717) is 34.1 Å². The Hall–Kier alpha value is -3.18. The second-order valence-electron chi connectivity index (χ2n) is 6.51. The number of rotatable bonds is 4. The fourth-order valence-corrected chi connectivity index (χ4v) is 3.66. The molecule has 4 rings (SSSR count). The molecule has 0 spiro atoms. The van der Waals surface area contributed by atoms with Gasteiger partial charge < -0.3 is 14.8 Å². The number of nitrogens with one attached hydrogen (secondary N) is 1. The van der Waals surface area contributed by atoms with Crippen LogP contribution in [0.1, 0.15) is 12.5 Å². The van der Waals surface area contributed by atoms with Crippen molar-refractivity contribution in [2.45, 2.75) is 13.8 Å². The van der Waals surface area contributed by atoms with Crippen molar-refractivity contribution >= 4 is 22.6 Å². The van der Waals surface area contributed by atoms with E-state index in [0.717, 1.165) is 11.3 Å². The van der Waals surface area contributed by atoms with Gasteiger partial charge in [-0.2, -0.15) is 0 Å². The number of pyridine rings is 1. The number of aromatic nitrogens is 2. The van der Waals surface area contributed by atoms with Crippen LogP contribution in [0.4, 0.5) is 0 Å². The summed E-state index contributed by atoms with van der Waals surface area (Å²) >= 11 is 6.45. The maximum Gasteiger partial charge on any atom is 0.260 e. The molecule has 0 unspecified atom stereocenters. The maximum atomic E-state index is 12.8. The summed E-state index contributed by atoms with van der Waals surface area (Å²) in [5.41, 5.74) is 3.07. The maximum absolute atomic E-state index is 12.8. The Morgan fingerprint density at radius 3 is 2.57 bits per heavy atom. The van der Waals surface area contributed by atoms with Crippen molar-refractivity contribution in [2.24, 2.45) is 0 Å². The predicted molar refractivity (Wildman–Crippen MR) is 112 cm³/mol. The zero-order chi connectivity index (χ0) is 19.8. The van der Waals surface area contributed by atoms with Gasteiger partial charge in [0.15, 0.2) is 5.75 Å². The summed E-state index contributed by atoms with van der Waals surface area (Å²) in [6.07, 6.45) is 0. The normalized spacial score (nSPS) is 11.1. The van der Waals surface area contributed by atoms with Crippen LogP contribution in [0, 0.1) is 6.92 Å². The van der Waals surface area contributed by atoms with Gasteiger partial charge in [-0.3, -0.25) is 9.36 Å². The van der Waals surface area contributed by atoms with E-state index in [9.17, 15) is 9.90 Å². The van der Waals surface area contributed by atoms with E-state index in [-0.39, 0.29) is 11.3 Å². The summed E-state index contributed by atoms with van der Waals surface area (Å²) in [6.45, 7) is 4.31. The number of hydrogen-bond acceptors (Lipinski definition) is 3. The first kappa shape index (κ1) is 18.2. The molecule has 2 heterocycles. The number of ether oxygens (including phenoxy) is 1. The topological polar surface area (TPSA) is 67.2 Å². The second-order valence-corrected chi connectivity index (χ2v) is 6.89. The average molecular weight is 395 g/mol. The zero-order valence-electron chi connectivity index (χ0n) is 15.5. The molecule has 0 bridgehead atoms. The average Bonchev–Trinajstić information content (AvgIpc) is 3.00. The van der Waals surface area contributed by atoms with Crippen LogP contribution in [-0.2, 0) is 0 Å². The zero-order valence-corrected chi connectivity index (χ0v) is 16.2. The van der Waals surface area contributed by atoms with Gasteiger partial charge in [0.1, 0.15) is 16.4 Å². The predicted octanol–water partition coefficient (Wildman–Crippen LogP) is 5.05. The fraction of sp³-hybridized carbons (Fsp3) is 0.136. The summed E-state index contributed by atoms with van der Waals surface area (Å²) in [5.74, 6) is 0.392. The minimum absolute atomic E-state index is 0.140. The van der Waals surface area contributed by atoms with Gasteiger partial charge in [-0.1, -0.05) is 47.5 Å². The Bertz CT molecular complexity index is 1220. The van der Waals surface area contributed by atoms with Crippen LogP contribution in [0.15, 0.2) is 59.4 Å². The molecule has 28 heavy (non-hydrogen) atoms. The van der Waals surface area contributed by atoms with Gasteiger partial charge in [0.25, 0.3) is 5.56 Å². The number of H-pyrrole nitrogens is 1. The van der Waals surface area contributed by atoms with Gasteiger partial charge in [0.2, 0.25) is 0 Å². The lowest BCUT2D eigenvalue weighted by Crippen LogP contribution is -2.10. The molecule has 2 aromatic heterocycles. The third-order valence-corrected chi connectivity index (χ3v) is 4.92. The summed E-state index contributed by atoms with van der Waals surface area (Å²) in [6, 6.07) is 16.5. The lowest BCUT2D eigenvalue weighted by atomic mass is 10.0. The van der Waals surface area contributed by atoms with Crippen molar-refractivity contribution in [1.29, 1.82) is 0 Å². The molecule has 2 N–H and O–H groups in total. The molecule has 0 aliphatic carbocycles. The summed E-state index contributed by atoms with van der Waals surface area (Å²) < 4.78 is 7.37. The van der Waals surface area contributed by atoms with E-state index < -0.39 is 5.56 Å². The van der Waals surface area contributed by atoms with E-state index in [2.05, 4.69) is 4.98 Å². The lowest BCUT2D eigenvalue weighted by molar-refractivity contribution is 0.341. The molecular formula is C22H19ClN2O3. The SMILES string of the molecule is CCOc1ccccc1-c1c(O)c2c(cc(Cl)n2-c2ccc(C)cc2)[nH]c1=O. The molecule has 0 radical (unpaired) electrons. The molecule has 0 saturated heterocycles. The minimum Gasteiger partial charge on any atom is -0.505 e. The van der Waals surface area contributed by atoms with Crippen molar-refractivity contribution in [3.63, 3.8) is 0 Å². The van der Waals surface area contributed by atoms with Gasteiger partial charge in [-0.25, -0.2) is 0 Å². The van der Waals surface area contributed by atoms with Gasteiger partial charge in [-0.05, 0) is 38.1 Å². The third kappa shape index (κ3) is 2.94. The van der Waals surface area contributed by atoms with E-state index in [1.807, 2.05) is 44.2 Å². The number of hydrogen-bond donors (Lipinski definition) is 2. The van der Waals surface area contributed by atoms with Crippen LogP contribution >= 0.6 is 11.6 Å². The molecule has 6 heteroatoms. The monoisotopic (exact) mass is 394 g/mol. The van der Waals surface area contributed by atoms with E-state index in [1.54, 1.807) is 28.8 Å². The van der Waals surface area contributed by atoms with Crippen LogP contribution in [0.3, 0.4) is 0 Å². The van der Waals surface area contributed by atoms with Crippen LogP contribution in [0.25, 0.3) is 27.8 Å². The highest BCUT2D eigenvalue weighted by Crippen LogP contribution is 2.39. The Balaban J connectivity index is 2.04. The van der Waals surface area contributed by atoms with Crippen molar-refractivity contribution in [3.05, 3.63) is 75.7 Å². The highest BCUT2D eigenvalue weighted by atomic mass is 35.5. The van der Waals surface area contributed by atoms with E-state index >= 15 is 0 Å². The van der Waals surface area contributed by atoms with Gasteiger partial charge in [-0.15, -0.1) is 0 Å². The molecule has 0 atom stereocenters. The molecule has 0 aliphatic heterocycles. The van der Waals surface area contributed by atoms with Crippen molar-refractivity contribution in [3.8, 4) is 28.3 Å². The van der Waals surface area contributed by atoms with Crippen molar-refractivity contribution < 1.29 is 9.84 Å². The number of fused-ring (bicyclic) bond motifs is 1. The molecular weight excluding hydrogens is 376 g/mol. The quantitative estimate of drug-likeness (QED) is 0.508. The van der Waals surface area contributed by atoms with Crippen LogP contribution in [0.5, 0.6) is 11.5 Å². The van der Waals surface area contributed by atoms with Crippen LogP contribution < -0.4 is 10.3 Å². The standard InChI is InChI=1S/C22H19ClN2O3/c1-3-28-17-7-5-4-6-15(17)19-21(26)20-16(24-22(19)27)12-18(23)25(20)14-10-8-13(2)9-11-14/h4-12H,3H2,1-2H3,(H2,24,26,27). The Morgan fingerprint density at radius 2 is 1.86 bits per heavy atom. The Labute approximate surface area is 166 Å². The highest BCUT2D eigenvalue weighted by Gasteiger charge is 2.22. The summed E-state index contributed by atoms with van der Waals surface area (Å²) in [5, 5.41) is 11.5. The van der Waals surface area contributed by atoms with Crippen molar-refractivity contribution in [1.82, 2.24) is 9.55 Å². The molecule has 142 valence electrons. The molecule has 0 fully saturated rings. The molecule has 0 amide bonds. The smallest absolute Gasteiger partial charge is 0.260 e. The summed E-state index contributed by atoms with van der Waals surface area (Å²) in [4.78, 5) is 15.6. The second kappa shape index (κ2) is 7.09.